The molecule has 0 N–H and O–H groups in total. The maximum Gasteiger partial charge on any atom is 0.494 e. The van der Waals surface area contributed by atoms with Gasteiger partial charge in [0.2, 0.25) is 0 Å². The number of hydrogen-bond donors (Lipinski definition) is 0. The maximum absolute atomic E-state index is 6.09. The van der Waals surface area contributed by atoms with Gasteiger partial charge in [0.05, 0.1) is 11.2 Å². The molecular weight excluding hydrogens is 261 g/mol. The Kier molecular flexibility index (Phi) is 4.03. The highest BCUT2D eigenvalue weighted by Crippen LogP contribution is 2.36. The zero-order chi connectivity index (χ0) is 16.1. The predicted molar refractivity (Wildman–Crippen MR) is 88.9 cm³/mol. The van der Waals surface area contributed by atoms with Crippen LogP contribution in [0.15, 0.2) is 24.3 Å². The standard InChI is InChI=1S/C17H28BNO2/c1-15(2,19(7)8)13-9-11-14(12-10-13)18-20-16(3,4)17(5,6)21-18/h9-12H,1-8H3. The summed E-state index contributed by atoms with van der Waals surface area (Å²) >= 11 is 0. The van der Waals surface area contributed by atoms with Gasteiger partial charge >= 0.3 is 7.12 Å². The quantitative estimate of drug-likeness (QED) is 0.799. The molecule has 3 nitrogen and oxygen atoms in total. The van der Waals surface area contributed by atoms with Crippen molar-refractivity contribution in [3.63, 3.8) is 0 Å². The summed E-state index contributed by atoms with van der Waals surface area (Å²) in [5, 5.41) is 0. The third-order valence-corrected chi connectivity index (χ3v) is 5.26. The van der Waals surface area contributed by atoms with Crippen molar-refractivity contribution in [3.05, 3.63) is 29.8 Å². The summed E-state index contributed by atoms with van der Waals surface area (Å²) in [5.74, 6) is 0. The molecule has 1 saturated heterocycles. The van der Waals surface area contributed by atoms with Crippen LogP contribution in [0, 0.1) is 0 Å². The molecule has 0 amide bonds. The van der Waals surface area contributed by atoms with Gasteiger partial charge in [0.1, 0.15) is 0 Å². The van der Waals surface area contributed by atoms with Crippen molar-refractivity contribution in [1.29, 1.82) is 0 Å². The maximum atomic E-state index is 6.09. The third-order valence-electron chi connectivity index (χ3n) is 5.26. The van der Waals surface area contributed by atoms with Crippen LogP contribution < -0.4 is 5.46 Å². The summed E-state index contributed by atoms with van der Waals surface area (Å²) < 4.78 is 12.2. The molecule has 1 aliphatic heterocycles. The van der Waals surface area contributed by atoms with Crippen molar-refractivity contribution in [2.24, 2.45) is 0 Å². The molecule has 21 heavy (non-hydrogen) atoms. The first-order valence-corrected chi connectivity index (χ1v) is 7.61. The Morgan fingerprint density at radius 2 is 1.33 bits per heavy atom. The molecule has 0 atom stereocenters. The molecule has 0 saturated carbocycles. The van der Waals surface area contributed by atoms with Crippen molar-refractivity contribution in [2.75, 3.05) is 14.1 Å². The van der Waals surface area contributed by atoms with Gasteiger partial charge < -0.3 is 14.2 Å². The van der Waals surface area contributed by atoms with Crippen molar-refractivity contribution in [3.8, 4) is 0 Å². The fourth-order valence-corrected chi connectivity index (χ4v) is 2.29. The van der Waals surface area contributed by atoms with Gasteiger partial charge in [0.15, 0.2) is 0 Å². The van der Waals surface area contributed by atoms with Gasteiger partial charge in [-0.1, -0.05) is 24.3 Å². The second-order valence-corrected chi connectivity index (χ2v) is 7.66. The van der Waals surface area contributed by atoms with Gasteiger partial charge in [-0.05, 0) is 66.7 Å². The molecule has 0 aromatic heterocycles. The molecule has 0 radical (unpaired) electrons. The van der Waals surface area contributed by atoms with Gasteiger partial charge in [-0.25, -0.2) is 0 Å². The lowest BCUT2D eigenvalue weighted by Gasteiger charge is -2.33. The van der Waals surface area contributed by atoms with E-state index < -0.39 is 0 Å². The molecule has 1 aromatic carbocycles. The summed E-state index contributed by atoms with van der Waals surface area (Å²) in [7, 11) is 3.91. The summed E-state index contributed by atoms with van der Waals surface area (Å²) in [6.07, 6.45) is 0. The highest BCUT2D eigenvalue weighted by atomic mass is 16.7. The predicted octanol–water partition coefficient (Wildman–Crippen LogP) is 2.78. The van der Waals surface area contributed by atoms with Crippen LogP contribution in [-0.2, 0) is 14.8 Å². The Hall–Kier alpha value is -0.835. The van der Waals surface area contributed by atoms with Gasteiger partial charge in [-0.2, -0.15) is 0 Å². The molecule has 0 bridgehead atoms. The largest absolute Gasteiger partial charge is 0.494 e. The first kappa shape index (κ1) is 16.5. The van der Waals surface area contributed by atoms with Crippen molar-refractivity contribution >= 4 is 12.6 Å². The van der Waals surface area contributed by atoms with E-state index in [1.165, 1.54) is 5.56 Å². The first-order valence-electron chi connectivity index (χ1n) is 7.61. The van der Waals surface area contributed by atoms with Crippen molar-refractivity contribution < 1.29 is 9.31 Å². The van der Waals surface area contributed by atoms with Crippen LogP contribution >= 0.6 is 0 Å². The topological polar surface area (TPSA) is 21.7 Å². The van der Waals surface area contributed by atoms with Crippen molar-refractivity contribution in [1.82, 2.24) is 4.90 Å². The van der Waals surface area contributed by atoms with E-state index in [2.05, 4.69) is 84.8 Å². The Morgan fingerprint density at radius 1 is 0.905 bits per heavy atom. The summed E-state index contributed by atoms with van der Waals surface area (Å²) in [6, 6.07) is 8.56. The number of benzene rings is 1. The van der Waals surface area contributed by atoms with E-state index in [-0.39, 0.29) is 23.9 Å². The van der Waals surface area contributed by atoms with E-state index in [0.717, 1.165) is 5.46 Å². The van der Waals surface area contributed by atoms with Gasteiger partial charge in [0, 0.05) is 5.54 Å². The van der Waals surface area contributed by atoms with E-state index in [0.29, 0.717) is 0 Å². The Balaban J connectivity index is 2.22. The molecule has 116 valence electrons. The normalized spacial score (nSPS) is 21.1. The molecule has 4 heteroatoms. The Labute approximate surface area is 129 Å². The summed E-state index contributed by atoms with van der Waals surface area (Å²) in [4.78, 5) is 2.22. The molecule has 1 aromatic rings. The number of nitrogens with zero attached hydrogens (tertiary/aromatic N) is 1. The molecule has 0 unspecified atom stereocenters. The van der Waals surface area contributed by atoms with Gasteiger partial charge in [0.25, 0.3) is 0 Å². The molecule has 0 spiro atoms. The zero-order valence-electron chi connectivity index (χ0n) is 14.7. The SMILES string of the molecule is CN(C)C(C)(C)c1ccc(B2OC(C)(C)C(C)(C)O2)cc1. The second kappa shape index (κ2) is 5.11. The average Bonchev–Trinajstić information content (AvgIpc) is 2.58. The van der Waals surface area contributed by atoms with Crippen LogP contribution in [0.1, 0.15) is 47.1 Å². The van der Waals surface area contributed by atoms with E-state index in [9.17, 15) is 0 Å². The highest BCUT2D eigenvalue weighted by molar-refractivity contribution is 6.62. The van der Waals surface area contributed by atoms with Crippen molar-refractivity contribution in [2.45, 2.75) is 58.3 Å². The smallest absolute Gasteiger partial charge is 0.399 e. The lowest BCUT2D eigenvalue weighted by atomic mass is 9.77. The molecule has 2 rings (SSSR count). The number of rotatable bonds is 3. The van der Waals surface area contributed by atoms with E-state index in [1.54, 1.807) is 0 Å². The van der Waals surface area contributed by atoms with Crippen LogP contribution in [0.3, 0.4) is 0 Å². The molecule has 0 aliphatic carbocycles. The van der Waals surface area contributed by atoms with E-state index in [1.807, 2.05) is 0 Å². The zero-order valence-corrected chi connectivity index (χ0v) is 14.7. The summed E-state index contributed by atoms with van der Waals surface area (Å²) in [6.45, 7) is 12.8. The molecule has 1 heterocycles. The molecule has 1 fully saturated rings. The first-order chi connectivity index (χ1) is 9.47. The monoisotopic (exact) mass is 289 g/mol. The van der Waals surface area contributed by atoms with Gasteiger partial charge in [-0.15, -0.1) is 0 Å². The van der Waals surface area contributed by atoms with E-state index in [4.69, 9.17) is 9.31 Å². The summed E-state index contributed by atoms with van der Waals surface area (Å²) in [5.41, 5.74) is 1.78. The van der Waals surface area contributed by atoms with Crippen LogP contribution in [-0.4, -0.2) is 37.3 Å². The average molecular weight is 289 g/mol. The number of hydrogen-bond acceptors (Lipinski definition) is 3. The molecule has 1 aliphatic rings. The minimum Gasteiger partial charge on any atom is -0.399 e. The third kappa shape index (κ3) is 2.89. The van der Waals surface area contributed by atoms with E-state index >= 15 is 0 Å². The minimum absolute atomic E-state index is 0.00839. The van der Waals surface area contributed by atoms with Gasteiger partial charge in [-0.3, -0.25) is 0 Å². The Morgan fingerprint density at radius 3 is 1.71 bits per heavy atom. The fourth-order valence-electron chi connectivity index (χ4n) is 2.29. The van der Waals surface area contributed by atoms with Crippen LogP contribution in [0.4, 0.5) is 0 Å². The van der Waals surface area contributed by atoms with Crippen LogP contribution in [0.2, 0.25) is 0 Å². The highest BCUT2D eigenvalue weighted by Gasteiger charge is 2.51. The second-order valence-electron chi connectivity index (χ2n) is 7.66. The fraction of sp³-hybridized carbons (Fsp3) is 0.647. The lowest BCUT2D eigenvalue weighted by molar-refractivity contribution is 0.00578. The van der Waals surface area contributed by atoms with Crippen LogP contribution in [0.25, 0.3) is 0 Å². The minimum atomic E-state index is -0.292. The van der Waals surface area contributed by atoms with Crippen LogP contribution in [0.5, 0.6) is 0 Å². The lowest BCUT2D eigenvalue weighted by Crippen LogP contribution is -2.41. The molecular formula is C17H28BNO2. The Bertz CT molecular complexity index is 490.